The van der Waals surface area contributed by atoms with Crippen LogP contribution in [0.2, 0.25) is 0 Å². The summed E-state index contributed by atoms with van der Waals surface area (Å²) >= 11 is 3.43. The van der Waals surface area contributed by atoms with E-state index in [4.69, 9.17) is 0 Å². The molecule has 0 aliphatic carbocycles. The molecular weight excluding hydrogens is 370 g/mol. The summed E-state index contributed by atoms with van der Waals surface area (Å²) in [5.41, 5.74) is 1.31. The molecule has 0 unspecified atom stereocenters. The van der Waals surface area contributed by atoms with Crippen molar-refractivity contribution in [3.05, 3.63) is 50.9 Å². The highest BCUT2D eigenvalue weighted by Gasteiger charge is 2.20. The summed E-state index contributed by atoms with van der Waals surface area (Å²) in [6.45, 7) is 6.75. The van der Waals surface area contributed by atoms with E-state index in [9.17, 15) is 4.79 Å². The third-order valence-electron chi connectivity index (χ3n) is 3.76. The summed E-state index contributed by atoms with van der Waals surface area (Å²) in [6, 6.07) is 8.07. The van der Waals surface area contributed by atoms with Crippen LogP contribution >= 0.6 is 15.9 Å². The van der Waals surface area contributed by atoms with Gasteiger partial charge in [-0.1, -0.05) is 28.1 Å². The SMILES string of the molecule is CN(Cc1ccc(Br)cc1)c1nc2c(cnn2C(C)(C)C)c(=O)[nH]1. The van der Waals surface area contributed by atoms with Gasteiger partial charge in [0.1, 0.15) is 5.39 Å². The van der Waals surface area contributed by atoms with E-state index in [1.54, 1.807) is 10.9 Å². The maximum absolute atomic E-state index is 12.4. The second kappa shape index (κ2) is 6.05. The van der Waals surface area contributed by atoms with E-state index in [1.807, 2.05) is 57.0 Å². The highest BCUT2D eigenvalue weighted by atomic mass is 79.9. The topological polar surface area (TPSA) is 66.8 Å². The molecule has 0 saturated heterocycles. The predicted molar refractivity (Wildman–Crippen MR) is 99.4 cm³/mol. The molecule has 2 heterocycles. The van der Waals surface area contributed by atoms with Gasteiger partial charge in [0.05, 0.1) is 11.7 Å². The minimum Gasteiger partial charge on any atom is -0.341 e. The first-order valence-corrected chi connectivity index (χ1v) is 8.49. The Hall–Kier alpha value is -2.15. The van der Waals surface area contributed by atoms with Gasteiger partial charge in [0, 0.05) is 18.1 Å². The number of benzene rings is 1. The Morgan fingerprint density at radius 3 is 2.54 bits per heavy atom. The minimum absolute atomic E-state index is 0.173. The Balaban J connectivity index is 1.99. The van der Waals surface area contributed by atoms with E-state index in [1.165, 1.54) is 0 Å². The van der Waals surface area contributed by atoms with Crippen LogP contribution in [-0.4, -0.2) is 26.8 Å². The number of H-pyrrole nitrogens is 1. The number of hydrogen-bond donors (Lipinski definition) is 1. The van der Waals surface area contributed by atoms with Gasteiger partial charge in [0.15, 0.2) is 5.65 Å². The molecule has 1 aromatic carbocycles. The van der Waals surface area contributed by atoms with Crippen LogP contribution in [0.1, 0.15) is 26.3 Å². The van der Waals surface area contributed by atoms with E-state index >= 15 is 0 Å². The van der Waals surface area contributed by atoms with Crippen LogP contribution in [0.15, 0.2) is 39.7 Å². The van der Waals surface area contributed by atoms with Gasteiger partial charge in [-0.3, -0.25) is 9.78 Å². The monoisotopic (exact) mass is 389 g/mol. The largest absolute Gasteiger partial charge is 0.341 e. The van der Waals surface area contributed by atoms with E-state index in [0.29, 0.717) is 23.5 Å². The molecule has 0 aliphatic rings. The van der Waals surface area contributed by atoms with Crippen LogP contribution in [0, 0.1) is 0 Å². The van der Waals surface area contributed by atoms with Crippen molar-refractivity contribution >= 4 is 32.9 Å². The molecule has 7 heteroatoms. The van der Waals surface area contributed by atoms with E-state index in [0.717, 1.165) is 10.0 Å². The molecule has 0 bridgehead atoms. The van der Waals surface area contributed by atoms with Crippen molar-refractivity contribution in [2.75, 3.05) is 11.9 Å². The summed E-state index contributed by atoms with van der Waals surface area (Å²) in [6.07, 6.45) is 1.57. The van der Waals surface area contributed by atoms with Crippen molar-refractivity contribution in [3.8, 4) is 0 Å². The maximum Gasteiger partial charge on any atom is 0.263 e. The quantitative estimate of drug-likeness (QED) is 0.746. The first-order valence-electron chi connectivity index (χ1n) is 7.70. The molecule has 1 N–H and O–H groups in total. The number of anilines is 1. The number of aromatic nitrogens is 4. The number of nitrogens with zero attached hydrogens (tertiary/aromatic N) is 4. The maximum atomic E-state index is 12.4. The van der Waals surface area contributed by atoms with Crippen LogP contribution in [-0.2, 0) is 12.1 Å². The average Bonchev–Trinajstić information content (AvgIpc) is 2.94. The second-order valence-electron chi connectivity index (χ2n) is 6.84. The molecule has 0 radical (unpaired) electrons. The van der Waals surface area contributed by atoms with Crippen molar-refractivity contribution in [3.63, 3.8) is 0 Å². The van der Waals surface area contributed by atoms with Crippen molar-refractivity contribution in [2.24, 2.45) is 0 Å². The fourth-order valence-electron chi connectivity index (χ4n) is 2.52. The molecule has 24 heavy (non-hydrogen) atoms. The zero-order valence-electron chi connectivity index (χ0n) is 14.2. The van der Waals surface area contributed by atoms with E-state index in [2.05, 4.69) is 31.0 Å². The molecule has 0 fully saturated rings. The molecule has 0 saturated carbocycles. The second-order valence-corrected chi connectivity index (χ2v) is 7.75. The normalized spacial score (nSPS) is 11.9. The summed E-state index contributed by atoms with van der Waals surface area (Å²) in [4.78, 5) is 21.8. The summed E-state index contributed by atoms with van der Waals surface area (Å²) in [7, 11) is 1.91. The molecule has 0 amide bonds. The minimum atomic E-state index is -0.246. The Kier molecular flexibility index (Phi) is 4.21. The molecule has 2 aromatic heterocycles. The zero-order valence-corrected chi connectivity index (χ0v) is 15.8. The summed E-state index contributed by atoms with van der Waals surface area (Å²) in [5, 5.41) is 4.84. The molecule has 3 aromatic rings. The van der Waals surface area contributed by atoms with Crippen LogP contribution in [0.3, 0.4) is 0 Å². The fourth-order valence-corrected chi connectivity index (χ4v) is 2.78. The fraction of sp³-hybridized carbons (Fsp3) is 0.353. The number of aromatic amines is 1. The van der Waals surface area contributed by atoms with Gasteiger partial charge in [-0.15, -0.1) is 0 Å². The lowest BCUT2D eigenvalue weighted by atomic mass is 10.1. The van der Waals surface area contributed by atoms with Gasteiger partial charge >= 0.3 is 0 Å². The van der Waals surface area contributed by atoms with Gasteiger partial charge in [-0.2, -0.15) is 10.1 Å². The molecule has 3 rings (SSSR count). The van der Waals surface area contributed by atoms with Crippen molar-refractivity contribution in [2.45, 2.75) is 32.9 Å². The lowest BCUT2D eigenvalue weighted by Crippen LogP contribution is -2.26. The van der Waals surface area contributed by atoms with Gasteiger partial charge in [0.2, 0.25) is 5.95 Å². The number of fused-ring (bicyclic) bond motifs is 1. The highest BCUT2D eigenvalue weighted by Crippen LogP contribution is 2.20. The third kappa shape index (κ3) is 3.21. The number of rotatable bonds is 3. The standard InChI is InChI=1S/C17H20BrN5O/c1-17(2,3)23-14-13(9-19-23)15(24)21-16(20-14)22(4)10-11-5-7-12(18)8-6-11/h5-9H,10H2,1-4H3,(H,20,21,24). The van der Waals surface area contributed by atoms with Gasteiger partial charge in [0.25, 0.3) is 5.56 Å². The van der Waals surface area contributed by atoms with Crippen LogP contribution in [0.4, 0.5) is 5.95 Å². The Morgan fingerprint density at radius 2 is 1.92 bits per heavy atom. The molecule has 6 nitrogen and oxygen atoms in total. The van der Waals surface area contributed by atoms with Crippen LogP contribution in [0.25, 0.3) is 11.0 Å². The Labute approximate surface area is 148 Å². The molecule has 126 valence electrons. The zero-order chi connectivity index (χ0) is 17.5. The van der Waals surface area contributed by atoms with Crippen LogP contribution in [0.5, 0.6) is 0 Å². The number of halogens is 1. The first kappa shape index (κ1) is 16.7. The van der Waals surface area contributed by atoms with Crippen molar-refractivity contribution in [1.82, 2.24) is 19.7 Å². The highest BCUT2D eigenvalue weighted by molar-refractivity contribution is 9.10. The lowest BCUT2D eigenvalue weighted by molar-refractivity contribution is 0.366. The van der Waals surface area contributed by atoms with Gasteiger partial charge in [-0.25, -0.2) is 4.68 Å². The molecule has 0 aliphatic heterocycles. The lowest BCUT2D eigenvalue weighted by Gasteiger charge is -2.21. The molecule has 0 spiro atoms. The predicted octanol–water partition coefficient (Wildman–Crippen LogP) is 3.27. The van der Waals surface area contributed by atoms with E-state index in [-0.39, 0.29) is 11.1 Å². The molecule has 0 atom stereocenters. The van der Waals surface area contributed by atoms with Gasteiger partial charge < -0.3 is 4.90 Å². The van der Waals surface area contributed by atoms with Crippen molar-refractivity contribution in [1.29, 1.82) is 0 Å². The average molecular weight is 390 g/mol. The third-order valence-corrected chi connectivity index (χ3v) is 4.28. The Morgan fingerprint density at radius 1 is 1.25 bits per heavy atom. The summed E-state index contributed by atoms with van der Waals surface area (Å²) in [5.74, 6) is 0.529. The van der Waals surface area contributed by atoms with Crippen LogP contribution < -0.4 is 10.5 Å². The van der Waals surface area contributed by atoms with Crippen molar-refractivity contribution < 1.29 is 0 Å². The van der Waals surface area contributed by atoms with E-state index < -0.39 is 0 Å². The van der Waals surface area contributed by atoms with Gasteiger partial charge in [-0.05, 0) is 38.5 Å². The molecular formula is C17H20BrN5O. The Bertz CT molecular complexity index is 921. The number of hydrogen-bond acceptors (Lipinski definition) is 4. The smallest absolute Gasteiger partial charge is 0.263 e. The number of nitrogens with one attached hydrogen (secondary N) is 1. The summed E-state index contributed by atoms with van der Waals surface area (Å²) < 4.78 is 2.82. The first-order chi connectivity index (χ1) is 11.3.